The number of hydrogen-bond donors (Lipinski definition) is 1. The van der Waals surface area contributed by atoms with E-state index in [9.17, 15) is 5.11 Å². The first-order chi connectivity index (χ1) is 10.2. The van der Waals surface area contributed by atoms with E-state index in [2.05, 4.69) is 12.1 Å². The highest BCUT2D eigenvalue weighted by Gasteiger charge is 2.39. The Morgan fingerprint density at radius 3 is 2.86 bits per heavy atom. The Morgan fingerprint density at radius 2 is 2.10 bits per heavy atom. The third-order valence-corrected chi connectivity index (χ3v) is 4.81. The maximum Gasteiger partial charge on any atom is 0.122 e. The molecule has 116 valence electrons. The molecular weight excluding hydrogens is 268 g/mol. The highest BCUT2D eigenvalue weighted by atomic mass is 16.5. The Balaban J connectivity index is 1.61. The van der Waals surface area contributed by atoms with Crippen LogP contribution < -0.4 is 4.74 Å². The Bertz CT molecular complexity index is 480. The van der Waals surface area contributed by atoms with Crippen molar-refractivity contribution >= 4 is 0 Å². The smallest absolute Gasteiger partial charge is 0.122 e. The largest absolute Gasteiger partial charge is 0.493 e. The SMILES string of the molecule is COC1(C(O)CCc2ccc3c(c2)CCO3)CCOCC1. The second-order valence-electron chi connectivity index (χ2n) is 5.98. The molecule has 1 saturated heterocycles. The standard InChI is InChI=1S/C17H24O4/c1-19-17(7-10-20-11-8-17)16(18)5-3-13-2-4-15-14(12-13)6-9-21-15/h2,4,12,16,18H,3,5-11H2,1H3. The molecule has 2 heterocycles. The molecule has 4 nitrogen and oxygen atoms in total. The van der Waals surface area contributed by atoms with E-state index < -0.39 is 11.7 Å². The van der Waals surface area contributed by atoms with Gasteiger partial charge >= 0.3 is 0 Å². The molecule has 0 radical (unpaired) electrons. The lowest BCUT2D eigenvalue weighted by Crippen LogP contribution is -2.48. The minimum Gasteiger partial charge on any atom is -0.493 e. The molecule has 0 aliphatic carbocycles. The number of aryl methyl sites for hydroxylation is 1. The summed E-state index contributed by atoms with van der Waals surface area (Å²) in [6.45, 7) is 2.12. The van der Waals surface area contributed by atoms with Crippen LogP contribution >= 0.6 is 0 Å². The molecule has 21 heavy (non-hydrogen) atoms. The number of ether oxygens (including phenoxy) is 3. The van der Waals surface area contributed by atoms with E-state index in [1.165, 1.54) is 11.1 Å². The second kappa shape index (κ2) is 6.34. The number of methoxy groups -OCH3 is 1. The first-order valence-corrected chi connectivity index (χ1v) is 7.79. The highest BCUT2D eigenvalue weighted by molar-refractivity contribution is 5.39. The number of hydrogen-bond acceptors (Lipinski definition) is 4. The summed E-state index contributed by atoms with van der Waals surface area (Å²) in [5, 5.41) is 10.6. The molecule has 0 amide bonds. The minimum atomic E-state index is -0.448. The summed E-state index contributed by atoms with van der Waals surface area (Å²) >= 11 is 0. The van der Waals surface area contributed by atoms with E-state index >= 15 is 0 Å². The summed E-state index contributed by atoms with van der Waals surface area (Å²) in [5.41, 5.74) is 2.11. The second-order valence-corrected chi connectivity index (χ2v) is 5.98. The molecule has 3 rings (SSSR count). The van der Waals surface area contributed by atoms with Gasteiger partial charge in [0, 0.05) is 39.6 Å². The van der Waals surface area contributed by atoms with Crippen LogP contribution in [0.3, 0.4) is 0 Å². The molecule has 2 aliphatic heterocycles. The van der Waals surface area contributed by atoms with E-state index in [4.69, 9.17) is 14.2 Å². The van der Waals surface area contributed by atoms with Crippen LogP contribution in [0.15, 0.2) is 18.2 Å². The fourth-order valence-electron chi connectivity index (χ4n) is 3.35. The van der Waals surface area contributed by atoms with Crippen LogP contribution in [0.4, 0.5) is 0 Å². The average molecular weight is 292 g/mol. The molecule has 0 saturated carbocycles. The van der Waals surface area contributed by atoms with Crippen molar-refractivity contribution in [3.63, 3.8) is 0 Å². The Hall–Kier alpha value is -1.10. The van der Waals surface area contributed by atoms with E-state index in [1.807, 2.05) is 6.07 Å². The molecule has 1 unspecified atom stereocenters. The Kier molecular flexibility index (Phi) is 4.48. The van der Waals surface area contributed by atoms with Crippen molar-refractivity contribution in [2.45, 2.75) is 43.8 Å². The van der Waals surface area contributed by atoms with Crippen molar-refractivity contribution in [3.05, 3.63) is 29.3 Å². The Labute approximate surface area is 126 Å². The van der Waals surface area contributed by atoms with E-state index in [-0.39, 0.29) is 0 Å². The van der Waals surface area contributed by atoms with Crippen molar-refractivity contribution in [2.24, 2.45) is 0 Å². The van der Waals surface area contributed by atoms with Gasteiger partial charge in [0.2, 0.25) is 0 Å². The van der Waals surface area contributed by atoms with Crippen LogP contribution in [0.25, 0.3) is 0 Å². The van der Waals surface area contributed by atoms with Crippen molar-refractivity contribution in [2.75, 3.05) is 26.9 Å². The van der Waals surface area contributed by atoms with Gasteiger partial charge in [-0.3, -0.25) is 0 Å². The maximum atomic E-state index is 10.6. The van der Waals surface area contributed by atoms with Gasteiger partial charge in [-0.2, -0.15) is 0 Å². The zero-order chi connectivity index (χ0) is 14.7. The fraction of sp³-hybridized carbons (Fsp3) is 0.647. The van der Waals surface area contributed by atoms with Gasteiger partial charge in [0.05, 0.1) is 18.3 Å². The van der Waals surface area contributed by atoms with Gasteiger partial charge in [-0.25, -0.2) is 0 Å². The van der Waals surface area contributed by atoms with Gasteiger partial charge in [0.1, 0.15) is 5.75 Å². The zero-order valence-corrected chi connectivity index (χ0v) is 12.6. The number of benzene rings is 1. The molecule has 2 aliphatic rings. The van der Waals surface area contributed by atoms with Crippen LogP contribution in [0.1, 0.15) is 30.4 Å². The highest BCUT2D eigenvalue weighted by Crippen LogP contribution is 2.31. The minimum absolute atomic E-state index is 0.432. The van der Waals surface area contributed by atoms with E-state index in [0.717, 1.165) is 38.0 Å². The van der Waals surface area contributed by atoms with Gasteiger partial charge in [-0.15, -0.1) is 0 Å². The van der Waals surface area contributed by atoms with E-state index in [0.29, 0.717) is 19.6 Å². The van der Waals surface area contributed by atoms with Gasteiger partial charge < -0.3 is 19.3 Å². The predicted octanol–water partition coefficient (Wildman–Crippen LogP) is 2.11. The van der Waals surface area contributed by atoms with Crippen LogP contribution in [-0.4, -0.2) is 43.7 Å². The zero-order valence-electron chi connectivity index (χ0n) is 12.6. The van der Waals surface area contributed by atoms with Crippen molar-refractivity contribution in [1.29, 1.82) is 0 Å². The predicted molar refractivity (Wildman–Crippen MR) is 79.8 cm³/mol. The average Bonchev–Trinajstić information content (AvgIpc) is 3.00. The molecule has 4 heteroatoms. The number of aliphatic hydroxyl groups excluding tert-OH is 1. The Morgan fingerprint density at radius 1 is 1.29 bits per heavy atom. The fourth-order valence-corrected chi connectivity index (χ4v) is 3.35. The monoisotopic (exact) mass is 292 g/mol. The summed E-state index contributed by atoms with van der Waals surface area (Å²) in [4.78, 5) is 0. The van der Waals surface area contributed by atoms with Crippen molar-refractivity contribution in [1.82, 2.24) is 0 Å². The number of fused-ring (bicyclic) bond motifs is 1. The van der Waals surface area contributed by atoms with Crippen LogP contribution in [-0.2, 0) is 22.3 Å². The van der Waals surface area contributed by atoms with Crippen LogP contribution in [0, 0.1) is 0 Å². The summed E-state index contributed by atoms with van der Waals surface area (Å²) < 4.78 is 16.6. The summed E-state index contributed by atoms with van der Waals surface area (Å²) in [5.74, 6) is 1.01. The third-order valence-electron chi connectivity index (χ3n) is 4.81. The lowest BCUT2D eigenvalue weighted by atomic mass is 9.85. The van der Waals surface area contributed by atoms with Crippen molar-refractivity contribution in [3.8, 4) is 5.75 Å². The third kappa shape index (κ3) is 3.07. The molecule has 0 aromatic heterocycles. The molecule has 0 bridgehead atoms. The quantitative estimate of drug-likeness (QED) is 0.903. The van der Waals surface area contributed by atoms with Gasteiger partial charge in [-0.1, -0.05) is 12.1 Å². The van der Waals surface area contributed by atoms with Crippen LogP contribution in [0.5, 0.6) is 5.75 Å². The van der Waals surface area contributed by atoms with Gasteiger partial charge in [-0.05, 0) is 30.0 Å². The molecule has 0 spiro atoms. The number of rotatable bonds is 5. The summed E-state index contributed by atoms with van der Waals surface area (Å²) in [7, 11) is 1.70. The lowest BCUT2D eigenvalue weighted by Gasteiger charge is -2.39. The molecule has 1 N–H and O–H groups in total. The number of aliphatic hydroxyl groups is 1. The van der Waals surface area contributed by atoms with Gasteiger partial charge in [0.25, 0.3) is 0 Å². The molecule has 1 fully saturated rings. The van der Waals surface area contributed by atoms with Gasteiger partial charge in [0.15, 0.2) is 0 Å². The lowest BCUT2D eigenvalue weighted by molar-refractivity contribution is -0.153. The molecular formula is C17H24O4. The molecule has 1 aromatic rings. The molecule has 1 aromatic carbocycles. The first-order valence-electron chi connectivity index (χ1n) is 7.79. The first kappa shape index (κ1) is 14.8. The summed E-state index contributed by atoms with van der Waals surface area (Å²) in [6.07, 6.45) is 3.65. The van der Waals surface area contributed by atoms with Crippen molar-refractivity contribution < 1.29 is 19.3 Å². The van der Waals surface area contributed by atoms with E-state index in [1.54, 1.807) is 7.11 Å². The maximum absolute atomic E-state index is 10.6. The molecule has 1 atom stereocenters. The topological polar surface area (TPSA) is 47.9 Å². The van der Waals surface area contributed by atoms with Crippen LogP contribution in [0.2, 0.25) is 0 Å². The normalized spacial score (nSPS) is 21.6. The summed E-state index contributed by atoms with van der Waals surface area (Å²) in [6, 6.07) is 6.35.